The number of carbonyl (C=O) groups excluding carboxylic acids is 1. The first-order chi connectivity index (χ1) is 7.99. The van der Waals surface area contributed by atoms with E-state index in [0.717, 1.165) is 12.1 Å². The van der Waals surface area contributed by atoms with Gasteiger partial charge in [-0.1, -0.05) is 13.8 Å². The quantitative estimate of drug-likeness (QED) is 0.820. The van der Waals surface area contributed by atoms with Crippen molar-refractivity contribution >= 4 is 17.5 Å². The number of halogens is 1. The van der Waals surface area contributed by atoms with Crippen LogP contribution in [0.5, 0.6) is 0 Å². The lowest BCUT2D eigenvalue weighted by Crippen LogP contribution is -2.37. The molecular weight excluding hydrogens is 238 g/mol. The van der Waals surface area contributed by atoms with Gasteiger partial charge in [0.05, 0.1) is 11.3 Å². The van der Waals surface area contributed by atoms with Gasteiger partial charge in [0.25, 0.3) is 5.91 Å². The normalized spacial score (nSPS) is 14.4. The number of alkyl halides is 1. The lowest BCUT2D eigenvalue weighted by Gasteiger charge is -2.18. The zero-order chi connectivity index (χ0) is 13.0. The second-order valence-corrected chi connectivity index (χ2v) is 4.72. The summed E-state index contributed by atoms with van der Waals surface area (Å²) in [5.74, 6) is 0.719. The number of hydrogen-bond donors (Lipinski definition) is 1. The van der Waals surface area contributed by atoms with Gasteiger partial charge in [0.1, 0.15) is 0 Å². The molecule has 5 heteroatoms. The van der Waals surface area contributed by atoms with Crippen LogP contribution in [0.3, 0.4) is 0 Å². The molecule has 1 aromatic rings. The van der Waals surface area contributed by atoms with Crippen LogP contribution in [0.25, 0.3) is 0 Å². The van der Waals surface area contributed by atoms with E-state index in [-0.39, 0.29) is 17.9 Å². The van der Waals surface area contributed by atoms with Crippen molar-refractivity contribution in [3.8, 4) is 0 Å². The molecule has 0 fully saturated rings. The Labute approximate surface area is 107 Å². The monoisotopic (exact) mass is 257 g/mol. The van der Waals surface area contributed by atoms with Gasteiger partial charge >= 0.3 is 0 Å². The van der Waals surface area contributed by atoms with E-state index < -0.39 is 0 Å². The van der Waals surface area contributed by atoms with Gasteiger partial charge in [0.15, 0.2) is 0 Å². The second-order valence-electron chi connectivity index (χ2n) is 4.41. The number of amides is 1. The third-order valence-electron chi connectivity index (χ3n) is 2.94. The Hall–Kier alpha value is -1.03. The fourth-order valence-electron chi connectivity index (χ4n) is 1.55. The van der Waals surface area contributed by atoms with Gasteiger partial charge in [0.2, 0.25) is 0 Å². The minimum Gasteiger partial charge on any atom is -0.349 e. The number of aromatic nitrogens is 2. The summed E-state index contributed by atoms with van der Waals surface area (Å²) in [5.41, 5.74) is 1.49. The van der Waals surface area contributed by atoms with Crippen LogP contribution < -0.4 is 5.32 Å². The number of rotatable bonds is 5. The van der Waals surface area contributed by atoms with Crippen LogP contribution in [-0.2, 0) is 13.5 Å². The Morgan fingerprint density at radius 2 is 2.24 bits per heavy atom. The maximum atomic E-state index is 12.1. The zero-order valence-corrected chi connectivity index (χ0v) is 11.6. The molecule has 0 aliphatic rings. The van der Waals surface area contributed by atoms with Crippen LogP contribution in [0.15, 0.2) is 6.20 Å². The zero-order valence-electron chi connectivity index (χ0n) is 10.8. The molecule has 2 unspecified atom stereocenters. The highest BCUT2D eigenvalue weighted by Crippen LogP contribution is 2.10. The summed E-state index contributed by atoms with van der Waals surface area (Å²) in [6.45, 7) is 5.97. The maximum absolute atomic E-state index is 12.1. The molecule has 0 bridgehead atoms. The molecule has 0 radical (unpaired) electrons. The van der Waals surface area contributed by atoms with Crippen molar-refractivity contribution in [1.82, 2.24) is 15.1 Å². The molecule has 2 atom stereocenters. The summed E-state index contributed by atoms with van der Waals surface area (Å²) in [6.07, 6.45) is 2.51. The number of nitrogens with zero attached hydrogens (tertiary/aromatic N) is 2. The molecule has 96 valence electrons. The van der Waals surface area contributed by atoms with Crippen LogP contribution in [0.2, 0.25) is 0 Å². The smallest absolute Gasteiger partial charge is 0.254 e. The predicted octanol–water partition coefficient (Wildman–Crippen LogP) is 1.98. The van der Waals surface area contributed by atoms with Gasteiger partial charge in [0, 0.05) is 25.2 Å². The van der Waals surface area contributed by atoms with Gasteiger partial charge in [-0.15, -0.1) is 11.6 Å². The van der Waals surface area contributed by atoms with Crippen molar-refractivity contribution < 1.29 is 4.79 Å². The minimum absolute atomic E-state index is 0.0601. The lowest BCUT2D eigenvalue weighted by atomic mass is 10.1. The fraction of sp³-hybridized carbons (Fsp3) is 0.667. The van der Waals surface area contributed by atoms with Crippen molar-refractivity contribution in [2.75, 3.05) is 5.88 Å². The molecule has 0 aromatic carbocycles. The molecule has 1 heterocycles. The summed E-state index contributed by atoms with van der Waals surface area (Å²) in [5, 5.41) is 7.21. The first-order valence-electron chi connectivity index (χ1n) is 5.88. The lowest BCUT2D eigenvalue weighted by molar-refractivity contribution is 0.0930. The van der Waals surface area contributed by atoms with Crippen LogP contribution in [0.4, 0.5) is 0 Å². The third-order valence-corrected chi connectivity index (χ3v) is 3.43. The molecular formula is C12H20ClN3O. The van der Waals surface area contributed by atoms with Crippen molar-refractivity contribution in [3.05, 3.63) is 17.5 Å². The average molecular weight is 258 g/mol. The highest BCUT2D eigenvalue weighted by Gasteiger charge is 2.18. The van der Waals surface area contributed by atoms with E-state index in [2.05, 4.69) is 10.4 Å². The molecule has 0 spiro atoms. The number of hydrogen-bond acceptors (Lipinski definition) is 2. The molecule has 17 heavy (non-hydrogen) atoms. The van der Waals surface area contributed by atoms with E-state index in [1.165, 1.54) is 0 Å². The van der Waals surface area contributed by atoms with Crippen LogP contribution in [0.1, 0.15) is 36.8 Å². The van der Waals surface area contributed by atoms with Crippen molar-refractivity contribution in [3.63, 3.8) is 0 Å². The molecule has 4 nitrogen and oxygen atoms in total. The summed E-state index contributed by atoms with van der Waals surface area (Å²) < 4.78 is 1.67. The summed E-state index contributed by atoms with van der Waals surface area (Å²) in [6, 6.07) is 0.0601. The van der Waals surface area contributed by atoms with Crippen molar-refractivity contribution in [2.24, 2.45) is 13.0 Å². The highest BCUT2D eigenvalue weighted by atomic mass is 35.5. The molecule has 1 rings (SSSR count). The minimum atomic E-state index is -0.0700. The Bertz CT molecular complexity index is 389. The van der Waals surface area contributed by atoms with E-state index in [0.29, 0.717) is 11.4 Å². The second kappa shape index (κ2) is 6.05. The molecule has 1 aromatic heterocycles. The van der Waals surface area contributed by atoms with Crippen molar-refractivity contribution in [2.45, 2.75) is 33.2 Å². The molecule has 1 N–H and O–H groups in total. The standard InChI is InChI=1S/C12H20ClN3O/c1-5-11-10(7-16(4)15-11)12(17)14-9(3)8(2)6-13/h7-9H,5-6H2,1-4H3,(H,14,17). The predicted molar refractivity (Wildman–Crippen MR) is 69.4 cm³/mol. The molecule has 0 saturated heterocycles. The van der Waals surface area contributed by atoms with Crippen LogP contribution >= 0.6 is 11.6 Å². The first kappa shape index (κ1) is 14.0. The van der Waals surface area contributed by atoms with E-state index in [9.17, 15) is 4.79 Å². The van der Waals surface area contributed by atoms with Crippen LogP contribution in [0, 0.1) is 5.92 Å². The number of nitrogens with one attached hydrogen (secondary N) is 1. The average Bonchev–Trinajstić information content (AvgIpc) is 2.69. The Balaban J connectivity index is 2.75. The summed E-state index contributed by atoms with van der Waals surface area (Å²) in [7, 11) is 1.82. The molecule has 0 saturated carbocycles. The third kappa shape index (κ3) is 3.46. The first-order valence-corrected chi connectivity index (χ1v) is 6.42. The van der Waals surface area contributed by atoms with Gasteiger partial charge in [-0.05, 0) is 19.3 Å². The Morgan fingerprint density at radius 1 is 1.59 bits per heavy atom. The maximum Gasteiger partial charge on any atom is 0.254 e. The van der Waals surface area contributed by atoms with Gasteiger partial charge < -0.3 is 5.32 Å². The number of aryl methyl sites for hydroxylation is 2. The fourth-order valence-corrected chi connectivity index (χ4v) is 1.81. The molecule has 1 amide bonds. The molecule has 0 aliphatic carbocycles. The summed E-state index contributed by atoms with van der Waals surface area (Å²) >= 11 is 5.77. The van der Waals surface area contributed by atoms with E-state index in [4.69, 9.17) is 11.6 Å². The SMILES string of the molecule is CCc1nn(C)cc1C(=O)NC(C)C(C)CCl. The number of carbonyl (C=O) groups is 1. The highest BCUT2D eigenvalue weighted by molar-refractivity contribution is 6.18. The van der Waals surface area contributed by atoms with Crippen molar-refractivity contribution in [1.29, 1.82) is 0 Å². The van der Waals surface area contributed by atoms with E-state index in [1.807, 2.05) is 27.8 Å². The van der Waals surface area contributed by atoms with Gasteiger partial charge in [-0.25, -0.2) is 0 Å². The van der Waals surface area contributed by atoms with Crippen LogP contribution in [-0.4, -0.2) is 27.6 Å². The van der Waals surface area contributed by atoms with E-state index in [1.54, 1.807) is 10.9 Å². The largest absolute Gasteiger partial charge is 0.349 e. The Kier molecular flexibility index (Phi) is 5.00. The van der Waals surface area contributed by atoms with Gasteiger partial charge in [-0.3, -0.25) is 9.48 Å². The van der Waals surface area contributed by atoms with E-state index >= 15 is 0 Å². The Morgan fingerprint density at radius 3 is 2.76 bits per heavy atom. The summed E-state index contributed by atoms with van der Waals surface area (Å²) in [4.78, 5) is 12.1. The topological polar surface area (TPSA) is 46.9 Å². The molecule has 0 aliphatic heterocycles. The van der Waals surface area contributed by atoms with Gasteiger partial charge in [-0.2, -0.15) is 5.10 Å².